The number of rotatable bonds is 10. The molecule has 0 aliphatic carbocycles. The van der Waals surface area contributed by atoms with Gasteiger partial charge in [0.15, 0.2) is 11.9 Å². The fraction of sp³-hybridized carbons (Fsp3) is 0.259. The number of pyridine rings is 1. The highest BCUT2D eigenvalue weighted by molar-refractivity contribution is 6.30. The Morgan fingerprint density at radius 1 is 1.20 bits per heavy atom. The molecule has 2 atom stereocenters. The number of hydrogen-bond donors (Lipinski definition) is 3. The van der Waals surface area contributed by atoms with Crippen LogP contribution >= 0.6 is 11.6 Å². The lowest BCUT2D eigenvalue weighted by Gasteiger charge is -2.40. The molecule has 1 aliphatic heterocycles. The van der Waals surface area contributed by atoms with Crippen molar-refractivity contribution in [3.63, 3.8) is 0 Å². The predicted octanol–water partition coefficient (Wildman–Crippen LogP) is 3.42. The number of nitrogens with two attached hydrogens (primary N) is 1. The van der Waals surface area contributed by atoms with Crippen molar-refractivity contribution in [3.05, 3.63) is 94.3 Å². The number of amidine groups is 1. The van der Waals surface area contributed by atoms with E-state index in [0.29, 0.717) is 12.0 Å². The van der Waals surface area contributed by atoms with Crippen LogP contribution in [0.5, 0.6) is 5.75 Å². The molecule has 216 valence electrons. The summed E-state index contributed by atoms with van der Waals surface area (Å²) in [6.45, 7) is 0.556. The first-order valence-electron chi connectivity index (χ1n) is 12.3. The maximum Gasteiger partial charge on any atom is 0.573 e. The van der Waals surface area contributed by atoms with E-state index in [0.717, 1.165) is 34.2 Å². The van der Waals surface area contributed by atoms with Gasteiger partial charge in [0.25, 0.3) is 5.91 Å². The summed E-state index contributed by atoms with van der Waals surface area (Å²) < 4.78 is 41.6. The topological polar surface area (TPSA) is 139 Å². The van der Waals surface area contributed by atoms with Gasteiger partial charge in [-0.05, 0) is 41.8 Å². The number of halogens is 4. The molecule has 1 fully saturated rings. The highest BCUT2D eigenvalue weighted by Crippen LogP contribution is 2.31. The number of oxime groups is 1. The standard InChI is InChI=1S/C27H25ClF3N5O5/c28-20-10-19(11-21(12-20)41-27(29,30)31)23(37)26(39)36-9-7-22(36)25(38)34-14-16-3-5-18(6-4-16)24(32)35-40-15-17-2-1-8-33-13-17/h1-6,8,10-13,22-23,37H,7,9,14-15H2,(H2,32,35)(H,34,38). The zero-order valence-corrected chi connectivity index (χ0v) is 22.1. The minimum Gasteiger partial charge on any atom is -0.406 e. The van der Waals surface area contributed by atoms with Crippen molar-refractivity contribution in [2.75, 3.05) is 6.54 Å². The third-order valence-electron chi connectivity index (χ3n) is 6.12. The van der Waals surface area contributed by atoms with Crippen molar-refractivity contribution in [1.82, 2.24) is 15.2 Å². The summed E-state index contributed by atoms with van der Waals surface area (Å²) in [5, 5.41) is 17.0. The molecule has 0 saturated carbocycles. The second-order valence-electron chi connectivity index (χ2n) is 9.03. The van der Waals surface area contributed by atoms with Gasteiger partial charge in [-0.15, -0.1) is 13.2 Å². The van der Waals surface area contributed by atoms with E-state index in [2.05, 4.69) is 20.2 Å². The Morgan fingerprint density at radius 3 is 2.59 bits per heavy atom. The fourth-order valence-electron chi connectivity index (χ4n) is 3.97. The third kappa shape index (κ3) is 8.08. The average molecular weight is 592 g/mol. The van der Waals surface area contributed by atoms with Gasteiger partial charge >= 0.3 is 6.36 Å². The van der Waals surface area contributed by atoms with E-state index in [1.165, 1.54) is 0 Å². The van der Waals surface area contributed by atoms with Gasteiger partial charge in [-0.3, -0.25) is 14.6 Å². The number of ether oxygens (including phenoxy) is 1. The number of aliphatic hydroxyl groups is 1. The SMILES string of the molecule is N/C(=N/OCc1cccnc1)c1ccc(CNC(=O)C2CCN2C(=O)C(O)c2cc(Cl)cc(OC(F)(F)F)c2)cc1. The number of alkyl halides is 3. The number of carbonyl (C=O) groups is 2. The number of aliphatic hydroxyl groups excluding tert-OH is 1. The summed E-state index contributed by atoms with van der Waals surface area (Å²) in [4.78, 5) is 36.0. The predicted molar refractivity (Wildman–Crippen MR) is 141 cm³/mol. The van der Waals surface area contributed by atoms with Crippen LogP contribution in [0.4, 0.5) is 13.2 Å². The highest BCUT2D eigenvalue weighted by Gasteiger charge is 2.40. The molecular weight excluding hydrogens is 567 g/mol. The normalized spacial score (nSPS) is 16.0. The monoisotopic (exact) mass is 591 g/mol. The molecule has 10 nitrogen and oxygen atoms in total. The van der Waals surface area contributed by atoms with E-state index in [1.807, 2.05) is 6.07 Å². The Bertz CT molecular complexity index is 1410. The number of hydrogen-bond acceptors (Lipinski definition) is 7. The van der Waals surface area contributed by atoms with Gasteiger partial charge < -0.3 is 30.6 Å². The number of nitrogens with zero attached hydrogens (tertiary/aromatic N) is 3. The number of benzene rings is 2. The van der Waals surface area contributed by atoms with Gasteiger partial charge in [-0.1, -0.05) is 47.1 Å². The minimum atomic E-state index is -4.98. The molecule has 0 spiro atoms. The average Bonchev–Trinajstić information content (AvgIpc) is 2.90. The van der Waals surface area contributed by atoms with E-state index in [9.17, 15) is 27.9 Å². The first-order chi connectivity index (χ1) is 19.5. The Morgan fingerprint density at radius 2 is 1.95 bits per heavy atom. The van der Waals surface area contributed by atoms with E-state index < -0.39 is 36.1 Å². The lowest BCUT2D eigenvalue weighted by atomic mass is 9.98. The van der Waals surface area contributed by atoms with Crippen molar-refractivity contribution in [1.29, 1.82) is 0 Å². The van der Waals surface area contributed by atoms with E-state index in [-0.39, 0.29) is 36.1 Å². The summed E-state index contributed by atoms with van der Waals surface area (Å²) in [6, 6.07) is 12.6. The zero-order chi connectivity index (χ0) is 29.6. The number of nitrogens with one attached hydrogen (secondary N) is 1. The van der Waals surface area contributed by atoms with Gasteiger partial charge in [-0.25, -0.2) is 0 Å². The third-order valence-corrected chi connectivity index (χ3v) is 6.33. The molecule has 4 rings (SSSR count). The van der Waals surface area contributed by atoms with Crippen molar-refractivity contribution in [3.8, 4) is 5.75 Å². The maximum atomic E-state index is 12.8. The van der Waals surface area contributed by atoms with Crippen LogP contribution in [0.3, 0.4) is 0 Å². The largest absolute Gasteiger partial charge is 0.573 e. The number of likely N-dealkylation sites (tertiary alicyclic amines) is 1. The first-order valence-corrected chi connectivity index (χ1v) is 12.6. The van der Waals surface area contributed by atoms with Crippen molar-refractivity contribution in [2.45, 2.75) is 38.1 Å². The number of carbonyl (C=O) groups excluding carboxylic acids is 2. The van der Waals surface area contributed by atoms with Crippen molar-refractivity contribution < 1.29 is 37.4 Å². The first kappa shape index (κ1) is 29.6. The lowest BCUT2D eigenvalue weighted by molar-refractivity contribution is -0.274. The van der Waals surface area contributed by atoms with Gasteiger partial charge in [0.1, 0.15) is 18.4 Å². The molecule has 14 heteroatoms. The molecule has 2 heterocycles. The van der Waals surface area contributed by atoms with Crippen molar-refractivity contribution in [2.24, 2.45) is 10.9 Å². The summed E-state index contributed by atoms with van der Waals surface area (Å²) in [5.41, 5.74) is 7.97. The molecule has 0 radical (unpaired) electrons. The highest BCUT2D eigenvalue weighted by atomic mass is 35.5. The van der Waals surface area contributed by atoms with E-state index >= 15 is 0 Å². The van der Waals surface area contributed by atoms with Crippen LogP contribution in [0.15, 0.2) is 72.1 Å². The van der Waals surface area contributed by atoms with Crippen LogP contribution < -0.4 is 15.8 Å². The molecule has 3 aromatic rings. The Labute approximate surface area is 237 Å². The fourth-order valence-corrected chi connectivity index (χ4v) is 4.20. The maximum absolute atomic E-state index is 12.8. The van der Waals surface area contributed by atoms with Gasteiger partial charge in [0, 0.05) is 41.6 Å². The van der Waals surface area contributed by atoms with Crippen LogP contribution in [0.1, 0.15) is 34.8 Å². The molecule has 1 saturated heterocycles. The van der Waals surface area contributed by atoms with Crippen LogP contribution in [-0.4, -0.2) is 51.6 Å². The van der Waals surface area contributed by atoms with Crippen LogP contribution in [0.25, 0.3) is 0 Å². The summed E-state index contributed by atoms with van der Waals surface area (Å²) >= 11 is 5.84. The van der Waals surface area contributed by atoms with E-state index in [1.54, 1.807) is 42.7 Å². The minimum absolute atomic E-state index is 0.154. The zero-order valence-electron chi connectivity index (χ0n) is 21.3. The van der Waals surface area contributed by atoms with Crippen LogP contribution in [0.2, 0.25) is 5.02 Å². The van der Waals surface area contributed by atoms with Crippen LogP contribution in [-0.2, 0) is 27.6 Å². The molecule has 1 aromatic heterocycles. The summed E-state index contributed by atoms with van der Waals surface area (Å²) in [5.74, 6) is -1.80. The number of amides is 2. The van der Waals surface area contributed by atoms with E-state index in [4.69, 9.17) is 22.2 Å². The van der Waals surface area contributed by atoms with Gasteiger partial charge in [0.05, 0.1) is 0 Å². The Kier molecular flexibility index (Phi) is 9.30. The second kappa shape index (κ2) is 12.9. The Balaban J connectivity index is 1.29. The van der Waals surface area contributed by atoms with Gasteiger partial charge in [-0.2, -0.15) is 0 Å². The summed E-state index contributed by atoms with van der Waals surface area (Å²) in [6.07, 6.45) is -3.16. The molecule has 41 heavy (non-hydrogen) atoms. The Hall–Kier alpha value is -4.36. The summed E-state index contributed by atoms with van der Waals surface area (Å²) in [7, 11) is 0. The molecule has 2 aromatic carbocycles. The smallest absolute Gasteiger partial charge is 0.406 e. The molecule has 2 unspecified atom stereocenters. The van der Waals surface area contributed by atoms with Crippen molar-refractivity contribution >= 4 is 29.3 Å². The lowest BCUT2D eigenvalue weighted by Crippen LogP contribution is -2.59. The van der Waals surface area contributed by atoms with Crippen LogP contribution in [0, 0.1) is 0 Å². The quantitative estimate of drug-likeness (QED) is 0.186. The molecule has 2 amide bonds. The van der Waals surface area contributed by atoms with Gasteiger partial charge in [0.2, 0.25) is 5.91 Å². The second-order valence-corrected chi connectivity index (χ2v) is 9.47. The number of aromatic nitrogens is 1. The molecule has 1 aliphatic rings. The molecule has 4 N–H and O–H groups in total. The molecule has 0 bridgehead atoms. The molecular formula is C27H25ClF3N5O5.